The summed E-state index contributed by atoms with van der Waals surface area (Å²) in [6.45, 7) is 4.60. The third-order valence-electron chi connectivity index (χ3n) is 4.19. The maximum absolute atomic E-state index is 12.6. The molecule has 0 unspecified atom stereocenters. The number of benzene rings is 2. The molecule has 5 nitrogen and oxygen atoms in total. The van der Waals surface area contributed by atoms with E-state index in [1.54, 1.807) is 17.8 Å². The van der Waals surface area contributed by atoms with Crippen molar-refractivity contribution >= 4 is 45.1 Å². The number of carbonyl (C=O) groups is 1. The highest BCUT2D eigenvalue weighted by Crippen LogP contribution is 2.34. The van der Waals surface area contributed by atoms with E-state index in [2.05, 4.69) is 17.2 Å². The molecule has 2 aromatic carbocycles. The van der Waals surface area contributed by atoms with E-state index in [9.17, 15) is 4.79 Å². The highest BCUT2D eigenvalue weighted by atomic mass is 32.2. The van der Waals surface area contributed by atoms with Gasteiger partial charge in [0, 0.05) is 21.2 Å². The first-order chi connectivity index (χ1) is 14.2. The van der Waals surface area contributed by atoms with Crippen LogP contribution in [0.4, 0.5) is 5.13 Å². The second-order valence-corrected chi connectivity index (χ2v) is 8.37. The average molecular weight is 425 g/mol. The van der Waals surface area contributed by atoms with Gasteiger partial charge >= 0.3 is 0 Å². The maximum Gasteiger partial charge on any atom is 0.257 e. The van der Waals surface area contributed by atoms with E-state index in [1.807, 2.05) is 54.8 Å². The average Bonchev–Trinajstić information content (AvgIpc) is 3.36. The van der Waals surface area contributed by atoms with Gasteiger partial charge in [-0.15, -0.1) is 23.1 Å². The fourth-order valence-electron chi connectivity index (χ4n) is 2.94. The first kappa shape index (κ1) is 19.5. The van der Waals surface area contributed by atoms with Crippen LogP contribution < -0.4 is 10.1 Å². The number of fused-ring (bicyclic) bond motifs is 1. The smallest absolute Gasteiger partial charge is 0.257 e. The SMILES string of the molecule is CCOc1cccc2cc(-c3csc(NC(=O)c4cccc(SCC)c4)n3)oc12. The molecule has 0 saturated heterocycles. The molecule has 29 heavy (non-hydrogen) atoms. The molecule has 0 atom stereocenters. The lowest BCUT2D eigenvalue weighted by molar-refractivity contribution is 0.102. The number of amides is 1. The number of aromatic nitrogens is 1. The van der Waals surface area contributed by atoms with Crippen molar-refractivity contribution in [1.29, 1.82) is 0 Å². The molecule has 2 aromatic heterocycles. The molecule has 0 aliphatic carbocycles. The number of furan rings is 1. The Kier molecular flexibility index (Phi) is 5.87. The van der Waals surface area contributed by atoms with Crippen molar-refractivity contribution in [2.75, 3.05) is 17.7 Å². The van der Waals surface area contributed by atoms with Gasteiger partial charge in [-0.05, 0) is 43.0 Å². The van der Waals surface area contributed by atoms with Gasteiger partial charge in [0.15, 0.2) is 22.2 Å². The minimum atomic E-state index is -0.173. The number of thioether (sulfide) groups is 1. The second kappa shape index (κ2) is 8.71. The summed E-state index contributed by atoms with van der Waals surface area (Å²) in [5, 5.41) is 6.23. The highest BCUT2D eigenvalue weighted by Gasteiger charge is 2.15. The zero-order valence-electron chi connectivity index (χ0n) is 16.1. The van der Waals surface area contributed by atoms with Gasteiger partial charge in [0.1, 0.15) is 5.69 Å². The van der Waals surface area contributed by atoms with Gasteiger partial charge in [-0.1, -0.05) is 25.1 Å². The Morgan fingerprint density at radius 2 is 2.07 bits per heavy atom. The zero-order valence-corrected chi connectivity index (χ0v) is 17.7. The maximum atomic E-state index is 12.6. The van der Waals surface area contributed by atoms with Crippen molar-refractivity contribution in [3.63, 3.8) is 0 Å². The van der Waals surface area contributed by atoms with Crippen LogP contribution in [0, 0.1) is 0 Å². The summed E-state index contributed by atoms with van der Waals surface area (Å²) in [5.74, 6) is 2.14. The molecule has 4 rings (SSSR count). The van der Waals surface area contributed by atoms with Crippen molar-refractivity contribution in [3.05, 3.63) is 59.5 Å². The third-order valence-corrected chi connectivity index (χ3v) is 5.83. The fraction of sp³-hybridized carbons (Fsp3) is 0.182. The number of hydrogen-bond acceptors (Lipinski definition) is 6. The summed E-state index contributed by atoms with van der Waals surface area (Å²) >= 11 is 3.07. The Bertz CT molecular complexity index is 1150. The van der Waals surface area contributed by atoms with Crippen LogP contribution in [0.5, 0.6) is 5.75 Å². The molecule has 7 heteroatoms. The summed E-state index contributed by atoms with van der Waals surface area (Å²) in [6.07, 6.45) is 0. The predicted molar refractivity (Wildman–Crippen MR) is 119 cm³/mol. The van der Waals surface area contributed by atoms with Gasteiger partial charge in [0.2, 0.25) is 0 Å². The number of anilines is 1. The molecular weight excluding hydrogens is 404 g/mol. The fourth-order valence-corrected chi connectivity index (χ4v) is 4.35. The molecule has 0 radical (unpaired) electrons. The van der Waals surface area contributed by atoms with Crippen molar-refractivity contribution in [2.45, 2.75) is 18.7 Å². The molecular formula is C22H20N2O3S2. The summed E-state index contributed by atoms with van der Waals surface area (Å²) < 4.78 is 11.6. The number of rotatable bonds is 7. The Balaban J connectivity index is 1.54. The Hall–Kier alpha value is -2.77. The first-order valence-corrected chi connectivity index (χ1v) is 11.2. The van der Waals surface area contributed by atoms with Crippen molar-refractivity contribution in [1.82, 2.24) is 4.98 Å². The van der Waals surface area contributed by atoms with Gasteiger partial charge in [-0.3, -0.25) is 10.1 Å². The number of carbonyl (C=O) groups excluding carboxylic acids is 1. The molecule has 0 saturated carbocycles. The Morgan fingerprint density at radius 1 is 1.21 bits per heavy atom. The molecule has 148 valence electrons. The summed E-state index contributed by atoms with van der Waals surface area (Å²) in [6, 6.07) is 15.3. The van der Waals surface area contributed by atoms with E-state index in [1.165, 1.54) is 11.3 Å². The summed E-state index contributed by atoms with van der Waals surface area (Å²) in [5.41, 5.74) is 2.00. The monoisotopic (exact) mass is 424 g/mol. The minimum absolute atomic E-state index is 0.173. The zero-order chi connectivity index (χ0) is 20.2. The second-order valence-electron chi connectivity index (χ2n) is 6.17. The largest absolute Gasteiger partial charge is 0.490 e. The van der Waals surface area contributed by atoms with Gasteiger partial charge in [-0.25, -0.2) is 4.98 Å². The quantitative estimate of drug-likeness (QED) is 0.352. The molecule has 0 aliphatic rings. The summed E-state index contributed by atoms with van der Waals surface area (Å²) in [4.78, 5) is 18.2. The van der Waals surface area contributed by atoms with Crippen molar-refractivity contribution < 1.29 is 13.9 Å². The molecule has 0 spiro atoms. The van der Waals surface area contributed by atoms with Crippen LogP contribution in [0.15, 0.2) is 63.2 Å². The molecule has 4 aromatic rings. The van der Waals surface area contributed by atoms with E-state index in [0.717, 1.165) is 16.0 Å². The normalized spacial score (nSPS) is 11.0. The van der Waals surface area contributed by atoms with E-state index in [0.29, 0.717) is 40.1 Å². The van der Waals surface area contributed by atoms with Crippen LogP contribution in [0.3, 0.4) is 0 Å². The van der Waals surface area contributed by atoms with E-state index < -0.39 is 0 Å². The van der Waals surface area contributed by atoms with Gasteiger partial charge in [0.05, 0.1) is 6.61 Å². The Morgan fingerprint density at radius 3 is 2.90 bits per heavy atom. The van der Waals surface area contributed by atoms with Crippen molar-refractivity contribution in [3.8, 4) is 17.2 Å². The highest BCUT2D eigenvalue weighted by molar-refractivity contribution is 7.99. The van der Waals surface area contributed by atoms with Crippen LogP contribution in [-0.2, 0) is 0 Å². The lowest BCUT2D eigenvalue weighted by atomic mass is 10.2. The number of nitrogens with zero attached hydrogens (tertiary/aromatic N) is 1. The lowest BCUT2D eigenvalue weighted by Crippen LogP contribution is -2.11. The molecule has 0 bridgehead atoms. The molecule has 0 fully saturated rings. The standard InChI is InChI=1S/C22H20N2O3S2/c1-3-26-18-10-6-7-14-12-19(27-20(14)18)17-13-29-22(23-17)24-21(25)15-8-5-9-16(11-15)28-4-2/h5-13H,3-4H2,1-2H3,(H,23,24,25). The van der Waals surface area contributed by atoms with Crippen LogP contribution in [0.2, 0.25) is 0 Å². The number of hydrogen-bond donors (Lipinski definition) is 1. The lowest BCUT2D eigenvalue weighted by Gasteiger charge is -2.04. The van der Waals surface area contributed by atoms with Crippen LogP contribution in [0.1, 0.15) is 24.2 Å². The minimum Gasteiger partial charge on any atom is -0.490 e. The molecule has 1 N–H and O–H groups in total. The molecule has 2 heterocycles. The van der Waals surface area contributed by atoms with Gasteiger partial charge < -0.3 is 9.15 Å². The molecule has 1 amide bonds. The predicted octanol–water partition coefficient (Wildman–Crippen LogP) is 6.32. The third kappa shape index (κ3) is 4.31. The van der Waals surface area contributed by atoms with Crippen LogP contribution in [0.25, 0.3) is 22.4 Å². The molecule has 0 aliphatic heterocycles. The van der Waals surface area contributed by atoms with Gasteiger partial charge in [-0.2, -0.15) is 0 Å². The van der Waals surface area contributed by atoms with Gasteiger partial charge in [0.25, 0.3) is 5.91 Å². The van der Waals surface area contributed by atoms with Crippen molar-refractivity contribution in [2.24, 2.45) is 0 Å². The van der Waals surface area contributed by atoms with E-state index >= 15 is 0 Å². The number of nitrogens with one attached hydrogen (secondary N) is 1. The number of thiazole rings is 1. The van der Waals surface area contributed by atoms with E-state index in [4.69, 9.17) is 9.15 Å². The Labute approximate surface area is 177 Å². The summed E-state index contributed by atoms with van der Waals surface area (Å²) in [7, 11) is 0. The van der Waals surface area contributed by atoms with Crippen LogP contribution >= 0.6 is 23.1 Å². The van der Waals surface area contributed by atoms with E-state index in [-0.39, 0.29) is 5.91 Å². The first-order valence-electron chi connectivity index (χ1n) is 9.33. The van der Waals surface area contributed by atoms with Crippen LogP contribution in [-0.4, -0.2) is 23.3 Å². The topological polar surface area (TPSA) is 64.4 Å². The number of para-hydroxylation sites is 1. The number of ether oxygens (including phenoxy) is 1.